The molecule has 0 aliphatic heterocycles. The lowest BCUT2D eigenvalue weighted by Gasteiger charge is -2.13. The zero-order valence-electron chi connectivity index (χ0n) is 8.26. The largest absolute Gasteiger partial charge is 0.288 e. The lowest BCUT2D eigenvalue weighted by molar-refractivity contribution is 0.0952. The first-order valence-corrected chi connectivity index (χ1v) is 4.27. The van der Waals surface area contributed by atoms with Crippen molar-refractivity contribution in [2.75, 3.05) is 0 Å². The van der Waals surface area contributed by atoms with E-state index < -0.39 is 5.92 Å². The van der Waals surface area contributed by atoms with Gasteiger partial charge in [-0.25, -0.2) is 0 Å². The highest BCUT2D eigenvalue weighted by Gasteiger charge is 2.28. The van der Waals surface area contributed by atoms with Crippen LogP contribution in [0.5, 0.6) is 0 Å². The lowest BCUT2D eigenvalue weighted by atomic mass is 10.0. The van der Waals surface area contributed by atoms with Gasteiger partial charge in [-0.1, -0.05) is 12.7 Å². The van der Waals surface area contributed by atoms with Gasteiger partial charge < -0.3 is 0 Å². The summed E-state index contributed by atoms with van der Waals surface area (Å²) in [6.45, 7) is 8.29. The fourth-order valence-corrected chi connectivity index (χ4v) is 0.847. The van der Waals surface area contributed by atoms with E-state index in [9.17, 15) is 8.78 Å². The minimum Gasteiger partial charge on any atom is -0.197 e. The van der Waals surface area contributed by atoms with Gasteiger partial charge in [0.1, 0.15) is 0 Å². The third kappa shape index (κ3) is 4.01. The Morgan fingerprint density at radius 2 is 2.07 bits per heavy atom. The molecule has 0 fully saturated rings. The highest BCUT2D eigenvalue weighted by atomic mass is 19.3. The summed E-state index contributed by atoms with van der Waals surface area (Å²) in [5, 5.41) is 0. The summed E-state index contributed by atoms with van der Waals surface area (Å²) in [6.07, 6.45) is 6.65. The fourth-order valence-electron chi connectivity index (χ4n) is 0.847. The number of hydrogen-bond acceptors (Lipinski definition) is 0. The van der Waals surface area contributed by atoms with Crippen LogP contribution in [0, 0.1) is 0 Å². The van der Waals surface area contributed by atoms with Gasteiger partial charge in [0.05, 0.1) is 0 Å². The van der Waals surface area contributed by atoms with Crippen LogP contribution in [-0.2, 0) is 0 Å². The molecule has 0 aromatic heterocycles. The molecule has 0 atom stereocenters. The predicted octanol–water partition coefficient (Wildman–Crippen LogP) is 4.04. The van der Waals surface area contributed by atoms with Crippen LogP contribution < -0.4 is 0 Å². The maximum absolute atomic E-state index is 13.1. The molecule has 0 rings (SSSR count). The van der Waals surface area contributed by atoms with Crippen molar-refractivity contribution in [1.82, 2.24) is 0 Å². The zero-order chi connectivity index (χ0) is 11.0. The van der Waals surface area contributed by atoms with Crippen LogP contribution >= 0.6 is 0 Å². The molecule has 0 amide bonds. The summed E-state index contributed by atoms with van der Waals surface area (Å²) in [7, 11) is 0. The van der Waals surface area contributed by atoms with Crippen molar-refractivity contribution in [3.8, 4) is 0 Å². The van der Waals surface area contributed by atoms with Crippen LogP contribution in [0.2, 0.25) is 0 Å². The molecule has 0 heterocycles. The molecule has 0 unspecified atom stereocenters. The molecule has 0 spiro atoms. The van der Waals surface area contributed by atoms with Crippen molar-refractivity contribution >= 4 is 0 Å². The summed E-state index contributed by atoms with van der Waals surface area (Å²) < 4.78 is 26.3. The Kier molecular flexibility index (Phi) is 5.50. The topological polar surface area (TPSA) is 0 Å². The van der Waals surface area contributed by atoms with E-state index in [0.29, 0.717) is 6.08 Å². The van der Waals surface area contributed by atoms with E-state index in [0.717, 1.165) is 0 Å². The van der Waals surface area contributed by atoms with Crippen molar-refractivity contribution < 1.29 is 8.78 Å². The van der Waals surface area contributed by atoms with Crippen molar-refractivity contribution in [2.45, 2.75) is 19.3 Å². The van der Waals surface area contributed by atoms with Crippen LogP contribution in [0.3, 0.4) is 0 Å². The molecule has 0 bridgehead atoms. The van der Waals surface area contributed by atoms with E-state index >= 15 is 0 Å². The summed E-state index contributed by atoms with van der Waals surface area (Å²) in [6, 6.07) is 0. The van der Waals surface area contributed by atoms with Crippen molar-refractivity contribution in [3.05, 3.63) is 54.8 Å². The average Bonchev–Trinajstić information content (AvgIpc) is 2.17. The second kappa shape index (κ2) is 6.11. The number of rotatable bonds is 5. The Morgan fingerprint density at radius 3 is 2.50 bits per heavy atom. The third-order valence-corrected chi connectivity index (χ3v) is 1.60. The minimum absolute atomic E-state index is 0.0307. The van der Waals surface area contributed by atoms with E-state index in [4.69, 9.17) is 0 Å². The summed E-state index contributed by atoms with van der Waals surface area (Å²) in [5.41, 5.74) is 2.67. The second-order valence-electron chi connectivity index (χ2n) is 2.63. The van der Waals surface area contributed by atoms with Crippen LogP contribution in [0.25, 0.3) is 0 Å². The molecule has 0 saturated carbocycles. The van der Waals surface area contributed by atoms with Gasteiger partial charge >= 0.3 is 0 Å². The number of hydrogen-bond donors (Lipinski definition) is 0. The van der Waals surface area contributed by atoms with Gasteiger partial charge in [-0.05, 0) is 37.6 Å². The van der Waals surface area contributed by atoms with E-state index in [2.05, 4.69) is 18.9 Å². The minimum atomic E-state index is -2.97. The first-order chi connectivity index (χ1) is 6.58. The smallest absolute Gasteiger partial charge is 0.197 e. The quantitative estimate of drug-likeness (QED) is 0.353. The molecule has 14 heavy (non-hydrogen) atoms. The highest BCUT2D eigenvalue weighted by molar-refractivity contribution is 5.25. The summed E-state index contributed by atoms with van der Waals surface area (Å²) in [5.74, 6) is -2.97. The number of halogens is 2. The lowest BCUT2D eigenvalue weighted by Crippen LogP contribution is -2.14. The molecule has 0 aliphatic carbocycles. The molecular weight excluding hydrogens is 182 g/mol. The Balaban J connectivity index is 4.93. The van der Waals surface area contributed by atoms with Crippen LogP contribution in [0.4, 0.5) is 8.78 Å². The predicted molar refractivity (Wildman–Crippen MR) is 56.4 cm³/mol. The second-order valence-corrected chi connectivity index (χ2v) is 2.63. The maximum atomic E-state index is 13.1. The third-order valence-electron chi connectivity index (χ3n) is 1.60. The molecule has 0 nitrogen and oxygen atoms in total. The SMILES string of the molecule is C=CC/C(=C\C=C=CC)C(F)(F)C=C. The highest BCUT2D eigenvalue weighted by Crippen LogP contribution is 2.27. The first-order valence-electron chi connectivity index (χ1n) is 4.27. The Labute approximate surface area is 83.6 Å². The maximum Gasteiger partial charge on any atom is 0.288 e. The van der Waals surface area contributed by atoms with Crippen molar-refractivity contribution in [3.63, 3.8) is 0 Å². The number of alkyl halides is 2. The normalized spacial score (nSPS) is 11.5. The Hall–Kier alpha value is -1.40. The van der Waals surface area contributed by atoms with Crippen molar-refractivity contribution in [2.24, 2.45) is 0 Å². The van der Waals surface area contributed by atoms with Crippen LogP contribution in [0.15, 0.2) is 54.8 Å². The first kappa shape index (κ1) is 12.6. The van der Waals surface area contributed by atoms with E-state index in [-0.39, 0.29) is 12.0 Å². The molecule has 0 saturated heterocycles. The van der Waals surface area contributed by atoms with Gasteiger partial charge in [-0.2, -0.15) is 8.78 Å². The van der Waals surface area contributed by atoms with Crippen molar-refractivity contribution in [1.29, 1.82) is 0 Å². The van der Waals surface area contributed by atoms with Gasteiger partial charge in [0.25, 0.3) is 5.92 Å². The van der Waals surface area contributed by atoms with Gasteiger partial charge in [0.15, 0.2) is 0 Å². The molecule has 0 radical (unpaired) electrons. The van der Waals surface area contributed by atoms with Gasteiger partial charge in [0.2, 0.25) is 0 Å². The van der Waals surface area contributed by atoms with Gasteiger partial charge in [-0.15, -0.1) is 12.3 Å². The Bertz CT molecular complexity index is 289. The number of allylic oxidation sites excluding steroid dienone is 5. The fraction of sp³-hybridized carbons (Fsp3) is 0.250. The standard InChI is InChI=1S/C12H14F2/c1-4-7-8-10-11(9-5-2)12(13,14)6-3/h4-6,8,10H,2-3,9H2,1H3/b11-10+. The summed E-state index contributed by atoms with van der Waals surface area (Å²) in [4.78, 5) is 0. The summed E-state index contributed by atoms with van der Waals surface area (Å²) >= 11 is 0. The van der Waals surface area contributed by atoms with E-state index in [1.54, 1.807) is 13.0 Å². The molecule has 76 valence electrons. The molecule has 2 heteroatoms. The monoisotopic (exact) mass is 196 g/mol. The molecule has 0 N–H and O–H groups in total. The van der Waals surface area contributed by atoms with Crippen LogP contribution in [-0.4, -0.2) is 5.92 Å². The molecule has 0 aromatic carbocycles. The Morgan fingerprint density at radius 1 is 1.43 bits per heavy atom. The van der Waals surface area contributed by atoms with Crippen LogP contribution in [0.1, 0.15) is 13.3 Å². The van der Waals surface area contributed by atoms with E-state index in [1.165, 1.54) is 18.2 Å². The van der Waals surface area contributed by atoms with Gasteiger partial charge in [-0.3, -0.25) is 0 Å². The zero-order valence-corrected chi connectivity index (χ0v) is 8.26. The molecule has 0 aliphatic rings. The molecule has 0 aromatic rings. The molecular formula is C12H14F2. The average molecular weight is 196 g/mol. The van der Waals surface area contributed by atoms with Gasteiger partial charge in [0, 0.05) is 5.57 Å². The van der Waals surface area contributed by atoms with E-state index in [1.807, 2.05) is 0 Å².